The van der Waals surface area contributed by atoms with Gasteiger partial charge in [0.2, 0.25) is 17.7 Å². The van der Waals surface area contributed by atoms with Crippen LogP contribution < -0.4 is 20.7 Å². The van der Waals surface area contributed by atoms with Crippen LogP contribution in [0.25, 0.3) is 0 Å². The van der Waals surface area contributed by atoms with Crippen molar-refractivity contribution in [3.05, 3.63) is 59.7 Å². The molecule has 278 valence electrons. The van der Waals surface area contributed by atoms with E-state index in [4.69, 9.17) is 14.2 Å². The number of aliphatic hydroxyl groups is 1. The van der Waals surface area contributed by atoms with E-state index in [2.05, 4.69) is 16.0 Å². The van der Waals surface area contributed by atoms with Crippen molar-refractivity contribution in [2.45, 2.75) is 108 Å². The van der Waals surface area contributed by atoms with Crippen LogP contribution in [-0.2, 0) is 35.1 Å². The van der Waals surface area contributed by atoms with Crippen molar-refractivity contribution in [3.63, 3.8) is 0 Å². The molecule has 2 bridgehead atoms. The molecule has 1 aromatic rings. The average molecular weight is 724 g/mol. The number of carbonyl (C=O) groups excluding carboxylic acids is 4. The third-order valence-electron chi connectivity index (χ3n) is 9.65. The van der Waals surface area contributed by atoms with Crippen LogP contribution in [0, 0.1) is 11.8 Å². The maximum Gasteiger partial charge on any atom is 0.328 e. The van der Waals surface area contributed by atoms with Gasteiger partial charge in [0, 0.05) is 35.8 Å². The Labute approximate surface area is 305 Å². The predicted octanol–water partition coefficient (Wildman–Crippen LogP) is 6.03. The molecular formula is C39H53N3O8S. The molecule has 0 radical (unpaired) electrons. The number of hydrogen-bond acceptors (Lipinski definition) is 9. The van der Waals surface area contributed by atoms with Gasteiger partial charge in [-0.1, -0.05) is 68.7 Å². The van der Waals surface area contributed by atoms with E-state index in [-0.39, 0.29) is 35.8 Å². The number of amides is 3. The third-order valence-corrected chi connectivity index (χ3v) is 10.8. The Morgan fingerprint density at radius 1 is 1.02 bits per heavy atom. The highest BCUT2D eigenvalue weighted by atomic mass is 32.2. The molecule has 4 rings (SSSR count). The smallest absolute Gasteiger partial charge is 0.328 e. The molecule has 1 saturated carbocycles. The molecule has 51 heavy (non-hydrogen) atoms. The molecule has 4 N–H and O–H groups in total. The lowest BCUT2D eigenvalue weighted by Gasteiger charge is -2.29. The third kappa shape index (κ3) is 11.3. The van der Waals surface area contributed by atoms with E-state index in [1.54, 1.807) is 38.3 Å². The summed E-state index contributed by atoms with van der Waals surface area (Å²) in [5.41, 5.74) is 2.59. The summed E-state index contributed by atoms with van der Waals surface area (Å²) in [6.45, 7) is 5.33. The summed E-state index contributed by atoms with van der Waals surface area (Å²) < 4.78 is 17.4. The van der Waals surface area contributed by atoms with Crippen LogP contribution in [0.15, 0.2) is 59.1 Å². The van der Waals surface area contributed by atoms with Crippen LogP contribution >= 0.6 is 11.8 Å². The van der Waals surface area contributed by atoms with Crippen molar-refractivity contribution in [1.29, 1.82) is 0 Å². The number of allylic oxidation sites excluding steroid dienone is 5. The summed E-state index contributed by atoms with van der Waals surface area (Å²) in [5.74, 6) is -0.857. The van der Waals surface area contributed by atoms with Gasteiger partial charge in [-0.3, -0.25) is 14.4 Å². The maximum absolute atomic E-state index is 13.3. The molecule has 2 aliphatic heterocycles. The fourth-order valence-electron chi connectivity index (χ4n) is 6.62. The van der Waals surface area contributed by atoms with Crippen LogP contribution in [0.3, 0.4) is 0 Å². The largest absolute Gasteiger partial charge is 0.494 e. The Hall–Kier alpha value is -3.87. The summed E-state index contributed by atoms with van der Waals surface area (Å²) in [6.07, 6.45) is 17.0. The molecule has 0 saturated heterocycles. The van der Waals surface area contributed by atoms with Gasteiger partial charge in [0.15, 0.2) is 0 Å². The standard InChI is InChI=1S/C39H53N3O8S/c1-24-15-14-19-29-36(49-5)30(22-31-37(29)51-23-34(44)42-31)41-33(43)21-28(48-4)18-12-7-6-8-13-20-32(25(2)35(24)45)50-39(47)26(3)40-38(46)27-16-10-9-11-17-27/h6-8,12-13,15,18,22,25-28,32,35,45H,9-11,14,16-17,19-21,23H2,1-5H3,(H,40,46)(H,41,43)(H,42,44)/b7-6+,13-8+,18-12+,24-15-. The van der Waals surface area contributed by atoms with E-state index in [1.165, 1.54) is 18.9 Å². The number of anilines is 2. The molecule has 11 nitrogen and oxygen atoms in total. The van der Waals surface area contributed by atoms with Crippen molar-refractivity contribution >= 4 is 46.8 Å². The number of aliphatic hydroxyl groups excluding tert-OH is 1. The monoisotopic (exact) mass is 723 g/mol. The van der Waals surface area contributed by atoms with Crippen LogP contribution in [0.5, 0.6) is 5.75 Å². The van der Waals surface area contributed by atoms with Crippen LogP contribution in [-0.4, -0.2) is 73.1 Å². The van der Waals surface area contributed by atoms with Gasteiger partial charge in [0.05, 0.1) is 42.9 Å². The minimum absolute atomic E-state index is 0.0532. The summed E-state index contributed by atoms with van der Waals surface area (Å²) in [5, 5.41) is 20.2. The number of nitrogens with one attached hydrogen (secondary N) is 3. The van der Waals surface area contributed by atoms with Gasteiger partial charge in [-0.2, -0.15) is 0 Å². The highest BCUT2D eigenvalue weighted by Crippen LogP contribution is 2.45. The zero-order chi connectivity index (χ0) is 36.9. The van der Waals surface area contributed by atoms with E-state index in [0.29, 0.717) is 42.0 Å². The topological polar surface area (TPSA) is 152 Å². The first-order valence-electron chi connectivity index (χ1n) is 17.9. The van der Waals surface area contributed by atoms with Gasteiger partial charge >= 0.3 is 5.97 Å². The number of hydrogen-bond donors (Lipinski definition) is 4. The van der Waals surface area contributed by atoms with Crippen molar-refractivity contribution in [2.75, 3.05) is 30.6 Å². The molecule has 0 spiro atoms. The second-order valence-corrected chi connectivity index (χ2v) is 14.4. The first kappa shape index (κ1) is 39.9. The molecule has 3 aliphatic rings. The number of benzene rings is 1. The summed E-state index contributed by atoms with van der Waals surface area (Å²) in [7, 11) is 3.08. The molecule has 2 heterocycles. The quantitative estimate of drug-likeness (QED) is 0.204. The van der Waals surface area contributed by atoms with Crippen molar-refractivity contribution in [3.8, 4) is 5.75 Å². The average Bonchev–Trinajstić information content (AvgIpc) is 3.12. The maximum atomic E-state index is 13.3. The van der Waals surface area contributed by atoms with Gasteiger partial charge in [0.1, 0.15) is 17.9 Å². The Balaban J connectivity index is 1.60. The number of carbonyl (C=O) groups is 4. The molecule has 1 aromatic carbocycles. The highest BCUT2D eigenvalue weighted by Gasteiger charge is 2.31. The minimum Gasteiger partial charge on any atom is -0.494 e. The first-order chi connectivity index (χ1) is 24.5. The molecule has 0 aromatic heterocycles. The lowest BCUT2D eigenvalue weighted by Crippen LogP contribution is -2.45. The van der Waals surface area contributed by atoms with E-state index in [1.807, 2.05) is 38.2 Å². The Morgan fingerprint density at radius 3 is 2.47 bits per heavy atom. The number of esters is 1. The normalized spacial score (nSPS) is 27.5. The van der Waals surface area contributed by atoms with Gasteiger partial charge in [-0.15, -0.1) is 11.8 Å². The fraction of sp³-hybridized carbons (Fsp3) is 0.538. The number of ether oxygens (including phenoxy) is 3. The second kappa shape index (κ2) is 19.7. The zero-order valence-corrected chi connectivity index (χ0v) is 31.2. The summed E-state index contributed by atoms with van der Waals surface area (Å²) >= 11 is 1.42. The Morgan fingerprint density at radius 2 is 1.75 bits per heavy atom. The van der Waals surface area contributed by atoms with Crippen LogP contribution in [0.1, 0.15) is 77.7 Å². The summed E-state index contributed by atoms with van der Waals surface area (Å²) in [6, 6.07) is 0.895. The number of fused-ring (bicyclic) bond motifs is 4. The highest BCUT2D eigenvalue weighted by molar-refractivity contribution is 8.00. The zero-order valence-electron chi connectivity index (χ0n) is 30.4. The molecule has 3 amide bonds. The van der Waals surface area contributed by atoms with E-state index < -0.39 is 36.2 Å². The minimum atomic E-state index is -0.919. The first-order valence-corrected chi connectivity index (χ1v) is 18.9. The van der Waals surface area contributed by atoms with Crippen molar-refractivity contribution in [1.82, 2.24) is 5.32 Å². The lowest BCUT2D eigenvalue weighted by atomic mass is 9.88. The molecular weight excluding hydrogens is 671 g/mol. The van der Waals surface area contributed by atoms with Gasteiger partial charge in [0.25, 0.3) is 0 Å². The number of rotatable bonds is 6. The number of thioether (sulfide) groups is 1. The van der Waals surface area contributed by atoms with Crippen LogP contribution in [0.2, 0.25) is 0 Å². The molecule has 1 fully saturated rings. The van der Waals surface area contributed by atoms with Gasteiger partial charge in [-0.05, 0) is 51.2 Å². The van der Waals surface area contributed by atoms with E-state index >= 15 is 0 Å². The molecule has 12 heteroatoms. The van der Waals surface area contributed by atoms with Crippen LogP contribution in [0.4, 0.5) is 11.4 Å². The molecule has 5 atom stereocenters. The van der Waals surface area contributed by atoms with Crippen molar-refractivity contribution in [2.24, 2.45) is 11.8 Å². The van der Waals surface area contributed by atoms with E-state index in [0.717, 1.165) is 42.6 Å². The van der Waals surface area contributed by atoms with Crippen molar-refractivity contribution < 1.29 is 38.5 Å². The SMILES string of the molecule is COc1c2cc3c(c1CC/C=C(/C)C(O)C(C)C(OC(=O)C(C)NC(=O)C1CCCCC1)C/C=C/C=C/C=C/C(OC)CC(=O)N2)SCC(=O)N3. The van der Waals surface area contributed by atoms with Gasteiger partial charge in [-0.25, -0.2) is 4.79 Å². The lowest BCUT2D eigenvalue weighted by molar-refractivity contribution is -0.156. The number of methoxy groups -OCH3 is 2. The predicted molar refractivity (Wildman–Crippen MR) is 200 cm³/mol. The van der Waals surface area contributed by atoms with Gasteiger partial charge < -0.3 is 35.3 Å². The Bertz CT molecular complexity index is 1530. The Kier molecular flexibility index (Phi) is 15.4. The summed E-state index contributed by atoms with van der Waals surface area (Å²) in [4.78, 5) is 52.5. The molecule has 5 unspecified atom stereocenters. The second-order valence-electron chi connectivity index (χ2n) is 13.4. The fourth-order valence-corrected chi connectivity index (χ4v) is 7.60. The van der Waals surface area contributed by atoms with E-state index in [9.17, 15) is 24.3 Å². The molecule has 1 aliphatic carbocycles.